The summed E-state index contributed by atoms with van der Waals surface area (Å²) in [6.07, 6.45) is 1.09. The second-order valence-electron chi connectivity index (χ2n) is 5.24. The average molecular weight is 284 g/mol. The highest BCUT2D eigenvalue weighted by atomic mass is 35.5. The highest BCUT2D eigenvalue weighted by Gasteiger charge is 2.15. The minimum Gasteiger partial charge on any atom is -0.409 e. The van der Waals surface area contributed by atoms with E-state index < -0.39 is 0 Å². The third-order valence-corrected chi connectivity index (χ3v) is 3.51. The van der Waals surface area contributed by atoms with Gasteiger partial charge in [0.1, 0.15) is 0 Å². The highest BCUT2D eigenvalue weighted by Crippen LogP contribution is 2.28. The minimum absolute atomic E-state index is 0.0614. The van der Waals surface area contributed by atoms with E-state index in [0.717, 1.165) is 12.1 Å². The Labute approximate surface area is 119 Å². The fraction of sp³-hybridized carbons (Fsp3) is 0.500. The van der Waals surface area contributed by atoms with Crippen molar-refractivity contribution in [3.8, 4) is 0 Å². The summed E-state index contributed by atoms with van der Waals surface area (Å²) in [4.78, 5) is 2.15. The van der Waals surface area contributed by atoms with Gasteiger partial charge >= 0.3 is 0 Å². The molecule has 0 saturated heterocycles. The van der Waals surface area contributed by atoms with Crippen LogP contribution in [0.2, 0.25) is 5.02 Å². The zero-order chi connectivity index (χ0) is 14.6. The molecule has 0 spiro atoms. The van der Waals surface area contributed by atoms with Gasteiger partial charge in [0.2, 0.25) is 0 Å². The van der Waals surface area contributed by atoms with Crippen molar-refractivity contribution < 1.29 is 5.21 Å². The van der Waals surface area contributed by atoms with Gasteiger partial charge in [-0.1, -0.05) is 30.6 Å². The molecule has 1 aromatic carbocycles. The number of benzene rings is 1. The maximum absolute atomic E-state index is 8.65. The number of oxime groups is 1. The molecule has 3 N–H and O–H groups in total. The lowest BCUT2D eigenvalue weighted by molar-refractivity contribution is 0.318. The first-order valence-electron chi connectivity index (χ1n) is 6.37. The molecule has 0 aliphatic carbocycles. The van der Waals surface area contributed by atoms with Gasteiger partial charge < -0.3 is 15.8 Å². The smallest absolute Gasteiger partial charge is 0.170 e. The van der Waals surface area contributed by atoms with Gasteiger partial charge in [0.25, 0.3) is 0 Å². The van der Waals surface area contributed by atoms with E-state index in [0.29, 0.717) is 22.5 Å². The van der Waals surface area contributed by atoms with Crippen LogP contribution in [0.1, 0.15) is 32.8 Å². The molecule has 0 heterocycles. The standard InChI is InChI=1S/C14H22ClN3O/c1-9(2)7-10(3)18(4)13-6-5-11(8-12(13)15)14(16)17-19/h5-6,8-10,19H,7H2,1-4H3,(H2,16,17). The van der Waals surface area contributed by atoms with Crippen LogP contribution in [-0.4, -0.2) is 24.1 Å². The molecule has 0 aromatic heterocycles. The van der Waals surface area contributed by atoms with Gasteiger partial charge in [-0.25, -0.2) is 0 Å². The van der Waals surface area contributed by atoms with Crippen LogP contribution in [0.15, 0.2) is 23.4 Å². The van der Waals surface area contributed by atoms with Crippen LogP contribution < -0.4 is 10.6 Å². The number of rotatable bonds is 5. The Bertz CT molecular complexity index is 460. The van der Waals surface area contributed by atoms with Crippen molar-refractivity contribution in [2.24, 2.45) is 16.8 Å². The maximum Gasteiger partial charge on any atom is 0.170 e. The van der Waals surface area contributed by atoms with Crippen LogP contribution in [0.25, 0.3) is 0 Å². The molecule has 0 amide bonds. The largest absolute Gasteiger partial charge is 0.409 e. The first-order valence-corrected chi connectivity index (χ1v) is 6.74. The lowest BCUT2D eigenvalue weighted by Gasteiger charge is -2.29. The summed E-state index contributed by atoms with van der Waals surface area (Å²) in [5.41, 5.74) is 7.10. The second-order valence-corrected chi connectivity index (χ2v) is 5.65. The predicted molar refractivity (Wildman–Crippen MR) is 81.3 cm³/mol. The molecule has 0 aliphatic rings. The van der Waals surface area contributed by atoms with E-state index in [1.54, 1.807) is 12.1 Å². The van der Waals surface area contributed by atoms with Crippen LogP contribution in [0, 0.1) is 5.92 Å². The molecule has 4 nitrogen and oxygen atoms in total. The van der Waals surface area contributed by atoms with E-state index in [1.165, 1.54) is 0 Å². The summed E-state index contributed by atoms with van der Waals surface area (Å²) in [5.74, 6) is 0.694. The van der Waals surface area contributed by atoms with Gasteiger partial charge in [-0.05, 0) is 37.5 Å². The van der Waals surface area contributed by atoms with Gasteiger partial charge in [-0.3, -0.25) is 0 Å². The monoisotopic (exact) mass is 283 g/mol. The van der Waals surface area contributed by atoms with Gasteiger partial charge in [-0.2, -0.15) is 0 Å². The quantitative estimate of drug-likeness (QED) is 0.377. The van der Waals surface area contributed by atoms with E-state index in [-0.39, 0.29) is 5.84 Å². The summed E-state index contributed by atoms with van der Waals surface area (Å²) in [7, 11) is 2.03. The summed E-state index contributed by atoms with van der Waals surface area (Å²) in [6, 6.07) is 5.80. The summed E-state index contributed by atoms with van der Waals surface area (Å²) < 4.78 is 0. The summed E-state index contributed by atoms with van der Waals surface area (Å²) in [6.45, 7) is 6.58. The van der Waals surface area contributed by atoms with Crippen LogP contribution in [0.3, 0.4) is 0 Å². The Kier molecular flexibility index (Phi) is 5.48. The van der Waals surface area contributed by atoms with Gasteiger partial charge in [0.05, 0.1) is 10.7 Å². The van der Waals surface area contributed by atoms with Gasteiger partial charge in [0.15, 0.2) is 5.84 Å². The second kappa shape index (κ2) is 6.66. The molecule has 0 radical (unpaired) electrons. The van der Waals surface area contributed by atoms with Crippen LogP contribution in [0.4, 0.5) is 5.69 Å². The van der Waals surface area contributed by atoms with E-state index in [4.69, 9.17) is 22.5 Å². The van der Waals surface area contributed by atoms with Gasteiger partial charge in [-0.15, -0.1) is 0 Å². The maximum atomic E-state index is 8.65. The molecule has 5 heteroatoms. The Balaban J connectivity index is 2.96. The number of nitrogens with two attached hydrogens (primary N) is 1. The van der Waals surface area contributed by atoms with E-state index in [1.807, 2.05) is 13.1 Å². The van der Waals surface area contributed by atoms with Crippen molar-refractivity contribution in [2.75, 3.05) is 11.9 Å². The van der Waals surface area contributed by atoms with Crippen molar-refractivity contribution in [3.05, 3.63) is 28.8 Å². The lowest BCUT2D eigenvalue weighted by atomic mass is 10.0. The molecular formula is C14H22ClN3O. The molecule has 0 bridgehead atoms. The number of amidine groups is 1. The fourth-order valence-electron chi connectivity index (χ4n) is 2.09. The average Bonchev–Trinajstić information content (AvgIpc) is 2.36. The van der Waals surface area contributed by atoms with E-state index in [9.17, 15) is 0 Å². The molecule has 1 atom stereocenters. The van der Waals surface area contributed by atoms with E-state index >= 15 is 0 Å². The Hall–Kier alpha value is -1.42. The zero-order valence-corrected chi connectivity index (χ0v) is 12.6. The molecule has 1 unspecified atom stereocenters. The van der Waals surface area contributed by atoms with Crippen molar-refractivity contribution in [2.45, 2.75) is 33.2 Å². The normalized spacial score (nSPS) is 13.7. The third-order valence-electron chi connectivity index (χ3n) is 3.20. The molecule has 0 fully saturated rings. The first kappa shape index (κ1) is 15.6. The molecule has 1 rings (SSSR count). The fourth-order valence-corrected chi connectivity index (χ4v) is 2.40. The highest BCUT2D eigenvalue weighted by molar-refractivity contribution is 6.33. The van der Waals surface area contributed by atoms with Crippen molar-refractivity contribution in [1.82, 2.24) is 0 Å². The molecule has 0 saturated carbocycles. The number of nitrogens with zero attached hydrogens (tertiary/aromatic N) is 2. The number of anilines is 1. The molecule has 0 aliphatic heterocycles. The van der Waals surface area contributed by atoms with Crippen molar-refractivity contribution >= 4 is 23.1 Å². The number of hydrogen-bond acceptors (Lipinski definition) is 3. The third kappa shape index (κ3) is 4.03. The summed E-state index contributed by atoms with van der Waals surface area (Å²) >= 11 is 6.27. The van der Waals surface area contributed by atoms with Crippen LogP contribution in [-0.2, 0) is 0 Å². The molecule has 106 valence electrons. The lowest BCUT2D eigenvalue weighted by Crippen LogP contribution is -2.30. The topological polar surface area (TPSA) is 61.8 Å². The predicted octanol–water partition coefficient (Wildman–Crippen LogP) is 3.31. The number of hydrogen-bond donors (Lipinski definition) is 2. The summed E-state index contributed by atoms with van der Waals surface area (Å²) in [5, 5.41) is 12.2. The minimum atomic E-state index is 0.0614. The molecule has 19 heavy (non-hydrogen) atoms. The first-order chi connectivity index (χ1) is 8.86. The number of halogens is 1. The van der Waals surface area contributed by atoms with Crippen LogP contribution >= 0.6 is 11.6 Å². The van der Waals surface area contributed by atoms with Gasteiger partial charge in [0, 0.05) is 18.7 Å². The van der Waals surface area contributed by atoms with Crippen molar-refractivity contribution in [3.63, 3.8) is 0 Å². The van der Waals surface area contributed by atoms with Crippen molar-refractivity contribution in [1.29, 1.82) is 0 Å². The Morgan fingerprint density at radius 3 is 2.53 bits per heavy atom. The molecule has 1 aromatic rings. The SMILES string of the molecule is CC(C)CC(C)N(C)c1ccc(/C(N)=N/O)cc1Cl. The van der Waals surface area contributed by atoms with E-state index in [2.05, 4.69) is 30.8 Å². The Morgan fingerprint density at radius 1 is 1.42 bits per heavy atom. The van der Waals surface area contributed by atoms with Crippen LogP contribution in [0.5, 0.6) is 0 Å². The zero-order valence-electron chi connectivity index (χ0n) is 11.9. The Morgan fingerprint density at radius 2 is 2.05 bits per heavy atom. The molecular weight excluding hydrogens is 262 g/mol.